The highest BCUT2D eigenvalue weighted by Crippen LogP contribution is 2.00. The first-order chi connectivity index (χ1) is 7.91. The predicted molar refractivity (Wildman–Crippen MR) is 75.7 cm³/mol. The van der Waals surface area contributed by atoms with Crippen LogP contribution in [0.1, 0.15) is 65.2 Å². The number of hydrogen-bond acceptors (Lipinski definition) is 0. The van der Waals surface area contributed by atoms with Gasteiger partial charge in [-0.1, -0.05) is 69.6 Å². The molecule has 0 spiro atoms. The van der Waals surface area contributed by atoms with Crippen molar-refractivity contribution < 1.29 is 0 Å². The van der Waals surface area contributed by atoms with Gasteiger partial charge in [-0.2, -0.15) is 0 Å². The average molecular weight is 220 g/mol. The standard InChI is InChI=1S/C16H28/c1-3-5-7-9-11-13-15-16-14-12-10-8-6-4-2/h7,9,12-15H,3-6,8,10-11,16H2,1-2H3/b9-7-,14-12-,15-13-. The third kappa shape index (κ3) is 13.2. The summed E-state index contributed by atoms with van der Waals surface area (Å²) in [5.41, 5.74) is 0. The molecule has 0 aliphatic heterocycles. The Morgan fingerprint density at radius 1 is 0.562 bits per heavy atom. The fourth-order valence-electron chi connectivity index (χ4n) is 1.46. The zero-order valence-electron chi connectivity index (χ0n) is 11.1. The van der Waals surface area contributed by atoms with Gasteiger partial charge in [0.1, 0.15) is 0 Å². The second-order valence-electron chi connectivity index (χ2n) is 4.17. The average Bonchev–Trinajstić information content (AvgIpc) is 2.31. The molecule has 92 valence electrons. The Bertz CT molecular complexity index is 196. The van der Waals surface area contributed by atoms with Crippen LogP contribution in [0, 0.1) is 0 Å². The molecule has 0 aromatic rings. The number of hydrogen-bond donors (Lipinski definition) is 0. The SMILES string of the molecule is CCC/C=C\C/C=C\C/C=C\CCCCC. The fraction of sp³-hybridized carbons (Fsp3) is 0.625. The molecule has 0 bridgehead atoms. The lowest BCUT2D eigenvalue weighted by Crippen LogP contribution is -1.70. The van der Waals surface area contributed by atoms with E-state index in [1.807, 2.05) is 0 Å². The van der Waals surface area contributed by atoms with Crippen molar-refractivity contribution in [2.24, 2.45) is 0 Å². The normalized spacial score (nSPS) is 12.4. The van der Waals surface area contributed by atoms with Gasteiger partial charge in [-0.25, -0.2) is 0 Å². The first-order valence-electron chi connectivity index (χ1n) is 6.86. The van der Waals surface area contributed by atoms with E-state index in [1.165, 1.54) is 38.5 Å². The molecule has 0 aromatic carbocycles. The molecule has 0 nitrogen and oxygen atoms in total. The molecule has 0 heterocycles. The summed E-state index contributed by atoms with van der Waals surface area (Å²) in [6, 6.07) is 0. The monoisotopic (exact) mass is 220 g/mol. The summed E-state index contributed by atoms with van der Waals surface area (Å²) in [7, 11) is 0. The lowest BCUT2D eigenvalue weighted by Gasteiger charge is -1.90. The highest BCUT2D eigenvalue weighted by molar-refractivity contribution is 4.97. The summed E-state index contributed by atoms with van der Waals surface area (Å²) in [6.45, 7) is 4.46. The second-order valence-corrected chi connectivity index (χ2v) is 4.17. The highest BCUT2D eigenvalue weighted by atomic mass is 13.9. The number of allylic oxidation sites excluding steroid dienone is 6. The fourth-order valence-corrected chi connectivity index (χ4v) is 1.46. The molecule has 0 saturated carbocycles. The molecule has 0 aromatic heterocycles. The maximum Gasteiger partial charge on any atom is -0.0169 e. The number of unbranched alkanes of at least 4 members (excludes halogenated alkanes) is 4. The first kappa shape index (κ1) is 15.2. The van der Waals surface area contributed by atoms with Gasteiger partial charge in [-0.05, 0) is 32.1 Å². The Hall–Kier alpha value is -0.780. The van der Waals surface area contributed by atoms with E-state index in [-0.39, 0.29) is 0 Å². The van der Waals surface area contributed by atoms with Gasteiger partial charge in [-0.15, -0.1) is 0 Å². The molecular formula is C16H28. The van der Waals surface area contributed by atoms with Crippen LogP contribution in [0.25, 0.3) is 0 Å². The Morgan fingerprint density at radius 2 is 1.12 bits per heavy atom. The number of rotatable bonds is 10. The van der Waals surface area contributed by atoms with E-state index in [0.717, 1.165) is 12.8 Å². The van der Waals surface area contributed by atoms with E-state index in [0.29, 0.717) is 0 Å². The molecule has 0 N–H and O–H groups in total. The molecule has 16 heavy (non-hydrogen) atoms. The van der Waals surface area contributed by atoms with Crippen LogP contribution in [0.5, 0.6) is 0 Å². The van der Waals surface area contributed by atoms with Crippen molar-refractivity contribution in [2.45, 2.75) is 65.2 Å². The molecule has 0 radical (unpaired) electrons. The second kappa shape index (κ2) is 14.2. The van der Waals surface area contributed by atoms with E-state index in [2.05, 4.69) is 50.3 Å². The van der Waals surface area contributed by atoms with Crippen LogP contribution in [0.15, 0.2) is 36.5 Å². The largest absolute Gasteiger partial charge is 0.0882 e. The van der Waals surface area contributed by atoms with Crippen LogP contribution in [0.2, 0.25) is 0 Å². The van der Waals surface area contributed by atoms with Crippen molar-refractivity contribution in [3.63, 3.8) is 0 Å². The van der Waals surface area contributed by atoms with Crippen molar-refractivity contribution in [1.82, 2.24) is 0 Å². The summed E-state index contributed by atoms with van der Waals surface area (Å²) >= 11 is 0. The summed E-state index contributed by atoms with van der Waals surface area (Å²) in [4.78, 5) is 0. The van der Waals surface area contributed by atoms with E-state index in [4.69, 9.17) is 0 Å². The van der Waals surface area contributed by atoms with Crippen LogP contribution in [0.4, 0.5) is 0 Å². The molecule has 0 aliphatic carbocycles. The third-order valence-electron chi connectivity index (χ3n) is 2.47. The van der Waals surface area contributed by atoms with Gasteiger partial charge in [0.25, 0.3) is 0 Å². The van der Waals surface area contributed by atoms with E-state index >= 15 is 0 Å². The molecule has 0 amide bonds. The maximum atomic E-state index is 2.31. The minimum absolute atomic E-state index is 1.09. The van der Waals surface area contributed by atoms with E-state index in [1.54, 1.807) is 0 Å². The van der Waals surface area contributed by atoms with Crippen molar-refractivity contribution in [3.8, 4) is 0 Å². The van der Waals surface area contributed by atoms with Gasteiger partial charge >= 0.3 is 0 Å². The zero-order valence-corrected chi connectivity index (χ0v) is 11.1. The highest BCUT2D eigenvalue weighted by Gasteiger charge is 1.80. The van der Waals surface area contributed by atoms with Crippen molar-refractivity contribution in [3.05, 3.63) is 36.5 Å². The first-order valence-corrected chi connectivity index (χ1v) is 6.86. The van der Waals surface area contributed by atoms with Crippen LogP contribution < -0.4 is 0 Å². The van der Waals surface area contributed by atoms with Gasteiger partial charge < -0.3 is 0 Å². The molecule has 0 saturated heterocycles. The summed E-state index contributed by atoms with van der Waals surface area (Å²) in [6.07, 6.45) is 23.5. The van der Waals surface area contributed by atoms with Crippen LogP contribution in [0.3, 0.4) is 0 Å². The van der Waals surface area contributed by atoms with Gasteiger partial charge in [0, 0.05) is 0 Å². The van der Waals surface area contributed by atoms with Crippen molar-refractivity contribution in [2.75, 3.05) is 0 Å². The summed E-state index contributed by atoms with van der Waals surface area (Å²) in [5.74, 6) is 0. The molecular weight excluding hydrogens is 192 g/mol. The van der Waals surface area contributed by atoms with Gasteiger partial charge in [-0.3, -0.25) is 0 Å². The molecule has 0 atom stereocenters. The molecule has 0 unspecified atom stereocenters. The Balaban J connectivity index is 3.26. The molecule has 0 heteroatoms. The lowest BCUT2D eigenvalue weighted by molar-refractivity contribution is 0.728. The minimum Gasteiger partial charge on any atom is -0.0882 e. The van der Waals surface area contributed by atoms with E-state index in [9.17, 15) is 0 Å². The Kier molecular flexibility index (Phi) is 13.5. The topological polar surface area (TPSA) is 0 Å². The Morgan fingerprint density at radius 3 is 1.69 bits per heavy atom. The smallest absolute Gasteiger partial charge is 0.0169 e. The van der Waals surface area contributed by atoms with Crippen LogP contribution >= 0.6 is 0 Å². The lowest BCUT2D eigenvalue weighted by atomic mass is 10.2. The van der Waals surface area contributed by atoms with Crippen molar-refractivity contribution >= 4 is 0 Å². The van der Waals surface area contributed by atoms with Crippen LogP contribution in [-0.2, 0) is 0 Å². The van der Waals surface area contributed by atoms with Gasteiger partial charge in [0.2, 0.25) is 0 Å². The van der Waals surface area contributed by atoms with E-state index < -0.39 is 0 Å². The zero-order chi connectivity index (χ0) is 11.9. The molecule has 0 fully saturated rings. The van der Waals surface area contributed by atoms with Gasteiger partial charge in [0.15, 0.2) is 0 Å². The van der Waals surface area contributed by atoms with Crippen molar-refractivity contribution in [1.29, 1.82) is 0 Å². The summed E-state index contributed by atoms with van der Waals surface area (Å²) < 4.78 is 0. The van der Waals surface area contributed by atoms with Gasteiger partial charge in [0.05, 0.1) is 0 Å². The predicted octanol–water partition coefficient (Wildman–Crippen LogP) is 5.82. The maximum absolute atomic E-state index is 2.31. The quantitative estimate of drug-likeness (QED) is 0.321. The minimum atomic E-state index is 1.09. The molecule has 0 aliphatic rings. The van der Waals surface area contributed by atoms with Crippen LogP contribution in [-0.4, -0.2) is 0 Å². The summed E-state index contributed by atoms with van der Waals surface area (Å²) in [5, 5.41) is 0. The third-order valence-corrected chi connectivity index (χ3v) is 2.47. The molecule has 0 rings (SSSR count). The Labute approximate surface area is 102 Å².